The Hall–Kier alpha value is -2.30. The van der Waals surface area contributed by atoms with Crippen LogP contribution >= 0.6 is 0 Å². The molecule has 0 fully saturated rings. The lowest BCUT2D eigenvalue weighted by Crippen LogP contribution is -2.44. The Balaban J connectivity index is 1.63. The number of hydrogen-bond donors (Lipinski definition) is 2. The third kappa shape index (κ3) is 3.76. The van der Waals surface area contributed by atoms with Gasteiger partial charge in [-0.15, -0.1) is 0 Å². The van der Waals surface area contributed by atoms with E-state index in [1.165, 1.54) is 11.1 Å². The summed E-state index contributed by atoms with van der Waals surface area (Å²) in [6.45, 7) is 10.4. The Morgan fingerprint density at radius 3 is 2.77 bits per heavy atom. The van der Waals surface area contributed by atoms with Crippen LogP contribution in [0.1, 0.15) is 67.8 Å². The van der Waals surface area contributed by atoms with Crippen molar-refractivity contribution in [1.29, 1.82) is 0 Å². The lowest BCUT2D eigenvalue weighted by atomic mass is 9.71. The fraction of sp³-hybridized carbons (Fsp3) is 0.524. The first-order valence-corrected chi connectivity index (χ1v) is 9.36. The molecule has 0 spiro atoms. The first kappa shape index (κ1) is 18.5. The molecule has 1 heterocycles. The van der Waals surface area contributed by atoms with Gasteiger partial charge in [0.25, 0.3) is 0 Å². The summed E-state index contributed by atoms with van der Waals surface area (Å²) < 4.78 is 5.20. The van der Waals surface area contributed by atoms with E-state index in [1.807, 2.05) is 26.8 Å². The van der Waals surface area contributed by atoms with E-state index in [-0.39, 0.29) is 23.5 Å². The average molecular weight is 355 g/mol. The van der Waals surface area contributed by atoms with Crippen LogP contribution in [0.25, 0.3) is 0 Å². The van der Waals surface area contributed by atoms with Crippen LogP contribution in [0.15, 0.2) is 28.8 Å². The topological polar surface area (TPSA) is 67.2 Å². The fourth-order valence-electron chi connectivity index (χ4n) is 3.94. The smallest absolute Gasteiger partial charge is 0.315 e. The van der Waals surface area contributed by atoms with Crippen molar-refractivity contribution in [3.05, 3.63) is 52.4 Å². The number of aryl methyl sites for hydroxylation is 2. The fourth-order valence-corrected chi connectivity index (χ4v) is 3.94. The summed E-state index contributed by atoms with van der Waals surface area (Å²) in [5, 5.41) is 10.2. The van der Waals surface area contributed by atoms with Gasteiger partial charge in [-0.1, -0.05) is 43.3 Å². The van der Waals surface area contributed by atoms with E-state index in [9.17, 15) is 4.79 Å². The molecule has 5 heteroatoms. The van der Waals surface area contributed by atoms with Crippen LogP contribution < -0.4 is 10.6 Å². The predicted molar refractivity (Wildman–Crippen MR) is 102 cm³/mol. The van der Waals surface area contributed by atoms with Crippen molar-refractivity contribution in [2.45, 2.75) is 71.4 Å². The number of hydrogen-bond acceptors (Lipinski definition) is 3. The van der Waals surface area contributed by atoms with Crippen molar-refractivity contribution in [1.82, 2.24) is 15.8 Å². The zero-order valence-electron chi connectivity index (χ0n) is 16.3. The van der Waals surface area contributed by atoms with Gasteiger partial charge < -0.3 is 15.2 Å². The minimum atomic E-state index is -0.122. The second-order valence-electron chi connectivity index (χ2n) is 8.09. The minimum Gasteiger partial charge on any atom is -0.361 e. The molecule has 140 valence electrons. The lowest BCUT2D eigenvalue weighted by molar-refractivity contribution is 0.230. The van der Waals surface area contributed by atoms with Gasteiger partial charge in [-0.25, -0.2) is 4.79 Å². The number of carbonyl (C=O) groups is 1. The number of aromatic nitrogens is 1. The third-order valence-electron chi connectivity index (χ3n) is 5.50. The monoisotopic (exact) mass is 355 g/mol. The maximum Gasteiger partial charge on any atom is 0.315 e. The number of urea groups is 1. The van der Waals surface area contributed by atoms with E-state index in [0.29, 0.717) is 6.42 Å². The molecule has 2 atom stereocenters. The lowest BCUT2D eigenvalue weighted by Gasteiger charge is -2.37. The van der Waals surface area contributed by atoms with Crippen molar-refractivity contribution < 1.29 is 9.32 Å². The summed E-state index contributed by atoms with van der Waals surface area (Å²) in [6.07, 6.45) is 2.72. The van der Waals surface area contributed by atoms with E-state index >= 15 is 0 Å². The molecule has 2 N–H and O–H groups in total. The highest BCUT2D eigenvalue weighted by molar-refractivity contribution is 5.75. The Bertz CT molecular complexity index is 775. The maximum atomic E-state index is 12.5. The number of carbonyl (C=O) groups excluding carboxylic acids is 1. The summed E-state index contributed by atoms with van der Waals surface area (Å²) in [5.41, 5.74) is 4.68. The molecule has 1 aliphatic rings. The number of nitrogens with zero attached hydrogens (tertiary/aromatic N) is 1. The van der Waals surface area contributed by atoms with E-state index < -0.39 is 0 Å². The zero-order chi connectivity index (χ0) is 18.9. The highest BCUT2D eigenvalue weighted by atomic mass is 16.5. The molecule has 26 heavy (non-hydrogen) atoms. The van der Waals surface area contributed by atoms with Gasteiger partial charge in [0.2, 0.25) is 0 Å². The van der Waals surface area contributed by atoms with E-state index in [2.05, 4.69) is 47.8 Å². The van der Waals surface area contributed by atoms with Crippen LogP contribution in [0.5, 0.6) is 0 Å². The molecule has 0 aliphatic heterocycles. The number of fused-ring (bicyclic) bond motifs is 1. The molecule has 0 bridgehead atoms. The molecule has 2 aromatic rings. The number of nitrogens with one attached hydrogen (secondary N) is 2. The molecule has 0 saturated heterocycles. The second-order valence-corrected chi connectivity index (χ2v) is 8.09. The zero-order valence-corrected chi connectivity index (χ0v) is 16.3. The maximum absolute atomic E-state index is 12.5. The quantitative estimate of drug-likeness (QED) is 0.857. The summed E-state index contributed by atoms with van der Waals surface area (Å²) in [4.78, 5) is 12.5. The number of amides is 2. The number of rotatable bonds is 4. The van der Waals surface area contributed by atoms with Crippen molar-refractivity contribution in [3.63, 3.8) is 0 Å². The van der Waals surface area contributed by atoms with E-state index in [1.54, 1.807) is 0 Å². The predicted octanol–water partition coefficient (Wildman–Crippen LogP) is 4.33. The largest absolute Gasteiger partial charge is 0.361 e. The van der Waals surface area contributed by atoms with Gasteiger partial charge >= 0.3 is 6.03 Å². The van der Waals surface area contributed by atoms with Crippen molar-refractivity contribution in [2.75, 3.05) is 0 Å². The van der Waals surface area contributed by atoms with Gasteiger partial charge in [-0.3, -0.25) is 0 Å². The standard InChI is InChI=1S/C21H29N3O2/c1-13(12-17-14(2)24-26-15(17)3)22-20(25)23-19-10-11-21(4,5)18-9-7-6-8-16(18)19/h6-9,13,19H,10-12H2,1-5H3,(H2,22,23,25)/t13-,19-/m0/s1. The molecular weight excluding hydrogens is 326 g/mol. The third-order valence-corrected chi connectivity index (χ3v) is 5.50. The van der Waals surface area contributed by atoms with E-state index in [0.717, 1.165) is 29.9 Å². The Labute approximate surface area is 155 Å². The molecule has 3 rings (SSSR count). The van der Waals surface area contributed by atoms with Crippen LogP contribution in [0.2, 0.25) is 0 Å². The molecule has 2 amide bonds. The summed E-state index contributed by atoms with van der Waals surface area (Å²) in [7, 11) is 0. The molecule has 0 radical (unpaired) electrons. The van der Waals surface area contributed by atoms with Gasteiger partial charge in [0, 0.05) is 11.6 Å². The Kier molecular flexibility index (Phi) is 5.08. The molecule has 1 aromatic heterocycles. The molecular formula is C21H29N3O2. The van der Waals surface area contributed by atoms with Crippen LogP contribution in [-0.2, 0) is 11.8 Å². The normalized spacial score (nSPS) is 19.5. The molecule has 5 nitrogen and oxygen atoms in total. The molecule has 0 unspecified atom stereocenters. The van der Waals surface area contributed by atoms with Crippen LogP contribution in [-0.4, -0.2) is 17.2 Å². The van der Waals surface area contributed by atoms with Crippen LogP contribution in [0.4, 0.5) is 4.79 Å². The first-order chi connectivity index (χ1) is 12.3. The van der Waals surface area contributed by atoms with Gasteiger partial charge in [0.1, 0.15) is 5.76 Å². The average Bonchev–Trinajstić information content (AvgIpc) is 2.89. The van der Waals surface area contributed by atoms with Gasteiger partial charge in [-0.05, 0) is 56.6 Å². The van der Waals surface area contributed by atoms with Crippen LogP contribution in [0, 0.1) is 13.8 Å². The summed E-state index contributed by atoms with van der Waals surface area (Å²) >= 11 is 0. The van der Waals surface area contributed by atoms with Crippen LogP contribution in [0.3, 0.4) is 0 Å². The Morgan fingerprint density at radius 1 is 1.35 bits per heavy atom. The van der Waals surface area contributed by atoms with Crippen molar-refractivity contribution in [2.24, 2.45) is 0 Å². The van der Waals surface area contributed by atoms with Gasteiger partial charge in [0.15, 0.2) is 0 Å². The highest BCUT2D eigenvalue weighted by Crippen LogP contribution is 2.41. The van der Waals surface area contributed by atoms with Gasteiger partial charge in [-0.2, -0.15) is 0 Å². The SMILES string of the molecule is Cc1noc(C)c1C[C@H](C)NC(=O)N[C@H]1CCC(C)(C)c2ccccc21. The van der Waals surface area contributed by atoms with Crippen molar-refractivity contribution >= 4 is 6.03 Å². The minimum absolute atomic E-state index is 0.00192. The summed E-state index contributed by atoms with van der Waals surface area (Å²) in [5.74, 6) is 0.819. The molecule has 0 saturated carbocycles. The molecule has 1 aromatic carbocycles. The second kappa shape index (κ2) is 7.14. The molecule has 1 aliphatic carbocycles. The summed E-state index contributed by atoms with van der Waals surface area (Å²) in [6, 6.07) is 8.38. The number of benzene rings is 1. The first-order valence-electron chi connectivity index (χ1n) is 9.36. The Morgan fingerprint density at radius 2 is 2.08 bits per heavy atom. The van der Waals surface area contributed by atoms with Gasteiger partial charge in [0.05, 0.1) is 11.7 Å². The highest BCUT2D eigenvalue weighted by Gasteiger charge is 2.33. The van der Waals surface area contributed by atoms with E-state index in [4.69, 9.17) is 4.52 Å². The van der Waals surface area contributed by atoms with Crippen molar-refractivity contribution in [3.8, 4) is 0 Å².